The number of esters is 1. The number of hydrogen-bond acceptors (Lipinski definition) is 3. The average Bonchev–Trinajstić information content (AvgIpc) is 2.74. The fourth-order valence-electron chi connectivity index (χ4n) is 2.83. The summed E-state index contributed by atoms with van der Waals surface area (Å²) in [5.41, 5.74) is 2.93. The quantitative estimate of drug-likeness (QED) is 0.376. The van der Waals surface area contributed by atoms with E-state index in [9.17, 15) is 4.79 Å². The first-order chi connectivity index (χ1) is 13.3. The molecular formula is C24H24O3. The maximum absolute atomic E-state index is 11.9. The fourth-order valence-corrected chi connectivity index (χ4v) is 2.83. The Labute approximate surface area is 160 Å². The van der Waals surface area contributed by atoms with Gasteiger partial charge in [0.2, 0.25) is 0 Å². The lowest BCUT2D eigenvalue weighted by Crippen LogP contribution is -2.06. The van der Waals surface area contributed by atoms with Crippen LogP contribution in [0.25, 0.3) is 0 Å². The van der Waals surface area contributed by atoms with E-state index < -0.39 is 0 Å². The largest absolute Gasteiger partial charge is 0.489 e. The van der Waals surface area contributed by atoms with Crippen LogP contribution >= 0.6 is 0 Å². The van der Waals surface area contributed by atoms with Gasteiger partial charge in [0.05, 0.1) is 12.2 Å². The summed E-state index contributed by atoms with van der Waals surface area (Å²) in [6, 6.07) is 27.4. The van der Waals surface area contributed by atoms with Crippen molar-refractivity contribution in [3.8, 4) is 5.75 Å². The highest BCUT2D eigenvalue weighted by Gasteiger charge is 2.06. The first kappa shape index (κ1) is 18.7. The molecule has 0 saturated carbocycles. The highest BCUT2D eigenvalue weighted by atomic mass is 16.5. The Kier molecular flexibility index (Phi) is 7.05. The lowest BCUT2D eigenvalue weighted by molar-refractivity contribution is 0.0498. The van der Waals surface area contributed by atoms with Gasteiger partial charge in [-0.25, -0.2) is 4.79 Å². The van der Waals surface area contributed by atoms with E-state index >= 15 is 0 Å². The first-order valence-electron chi connectivity index (χ1n) is 9.30. The van der Waals surface area contributed by atoms with Gasteiger partial charge >= 0.3 is 5.97 Å². The molecule has 0 aliphatic rings. The van der Waals surface area contributed by atoms with Gasteiger partial charge in [-0.3, -0.25) is 0 Å². The second-order valence-corrected chi connectivity index (χ2v) is 6.34. The molecule has 3 rings (SSSR count). The normalized spacial score (nSPS) is 10.4. The predicted molar refractivity (Wildman–Crippen MR) is 107 cm³/mol. The average molecular weight is 360 g/mol. The van der Waals surface area contributed by atoms with Crippen LogP contribution in [-0.4, -0.2) is 12.6 Å². The van der Waals surface area contributed by atoms with E-state index in [2.05, 4.69) is 18.2 Å². The number of carbonyl (C=O) groups is 1. The summed E-state index contributed by atoms with van der Waals surface area (Å²) in [6.07, 6.45) is 2.66. The van der Waals surface area contributed by atoms with Crippen molar-refractivity contribution in [3.05, 3.63) is 102 Å². The van der Waals surface area contributed by atoms with Crippen LogP contribution in [0, 0.1) is 0 Å². The Bertz CT molecular complexity index is 829. The van der Waals surface area contributed by atoms with Gasteiger partial charge in [-0.15, -0.1) is 0 Å². The molecule has 3 aromatic rings. The molecule has 0 aliphatic heterocycles. The van der Waals surface area contributed by atoms with Crippen LogP contribution < -0.4 is 4.74 Å². The van der Waals surface area contributed by atoms with Crippen molar-refractivity contribution in [2.45, 2.75) is 25.9 Å². The summed E-state index contributed by atoms with van der Waals surface area (Å²) < 4.78 is 11.3. The van der Waals surface area contributed by atoms with Crippen LogP contribution in [0.4, 0.5) is 0 Å². The molecule has 27 heavy (non-hydrogen) atoms. The molecular weight excluding hydrogens is 336 g/mol. The highest BCUT2D eigenvalue weighted by Crippen LogP contribution is 2.21. The van der Waals surface area contributed by atoms with E-state index in [0.717, 1.165) is 30.6 Å². The van der Waals surface area contributed by atoms with Crippen LogP contribution in [0.3, 0.4) is 0 Å². The van der Waals surface area contributed by atoms with Crippen LogP contribution in [0.15, 0.2) is 84.9 Å². The Hall–Kier alpha value is -3.07. The fraction of sp³-hybridized carbons (Fsp3) is 0.208. The first-order valence-corrected chi connectivity index (χ1v) is 9.30. The third kappa shape index (κ3) is 6.00. The van der Waals surface area contributed by atoms with Crippen LogP contribution in [0.2, 0.25) is 0 Å². The van der Waals surface area contributed by atoms with Crippen LogP contribution in [0.1, 0.15) is 34.3 Å². The number of para-hydroxylation sites is 1. The third-order valence-corrected chi connectivity index (χ3v) is 4.29. The van der Waals surface area contributed by atoms with Gasteiger partial charge in [0.15, 0.2) is 0 Å². The highest BCUT2D eigenvalue weighted by molar-refractivity contribution is 5.89. The number of carbonyl (C=O) groups excluding carboxylic acids is 1. The van der Waals surface area contributed by atoms with E-state index in [4.69, 9.17) is 9.47 Å². The second-order valence-electron chi connectivity index (χ2n) is 6.34. The molecule has 138 valence electrons. The molecule has 0 radical (unpaired) electrons. The van der Waals surface area contributed by atoms with Crippen molar-refractivity contribution in [2.24, 2.45) is 0 Å². The minimum atomic E-state index is -0.262. The smallest absolute Gasteiger partial charge is 0.338 e. The molecule has 0 heterocycles. The number of aryl methyl sites for hydroxylation is 1. The van der Waals surface area contributed by atoms with Gasteiger partial charge in [0, 0.05) is 0 Å². The summed E-state index contributed by atoms with van der Waals surface area (Å²) in [7, 11) is 0. The molecule has 3 heteroatoms. The van der Waals surface area contributed by atoms with Gasteiger partial charge < -0.3 is 9.47 Å². The molecule has 0 N–H and O–H groups in total. The maximum Gasteiger partial charge on any atom is 0.338 e. The van der Waals surface area contributed by atoms with Gasteiger partial charge in [0.1, 0.15) is 12.4 Å². The van der Waals surface area contributed by atoms with Crippen molar-refractivity contribution in [1.29, 1.82) is 0 Å². The van der Waals surface area contributed by atoms with E-state index in [-0.39, 0.29) is 5.97 Å². The van der Waals surface area contributed by atoms with E-state index in [0.29, 0.717) is 18.8 Å². The maximum atomic E-state index is 11.9. The van der Waals surface area contributed by atoms with Crippen LogP contribution in [0.5, 0.6) is 5.75 Å². The Balaban J connectivity index is 1.42. The Morgan fingerprint density at radius 3 is 2.19 bits per heavy atom. The molecule has 0 saturated heterocycles. The Morgan fingerprint density at radius 2 is 1.41 bits per heavy atom. The number of unbranched alkanes of at least 4 members (excludes halogenated alkanes) is 1. The number of hydrogen-bond donors (Lipinski definition) is 0. The van der Waals surface area contributed by atoms with Crippen molar-refractivity contribution >= 4 is 5.97 Å². The monoisotopic (exact) mass is 360 g/mol. The van der Waals surface area contributed by atoms with E-state index in [1.165, 1.54) is 5.56 Å². The molecule has 0 aromatic heterocycles. The number of ether oxygens (including phenoxy) is 2. The molecule has 0 fully saturated rings. The topological polar surface area (TPSA) is 35.5 Å². The van der Waals surface area contributed by atoms with Crippen molar-refractivity contribution in [3.63, 3.8) is 0 Å². The molecule has 3 aromatic carbocycles. The van der Waals surface area contributed by atoms with Crippen molar-refractivity contribution < 1.29 is 14.3 Å². The Morgan fingerprint density at radius 1 is 0.741 bits per heavy atom. The summed E-state index contributed by atoms with van der Waals surface area (Å²) in [5, 5.41) is 0. The summed E-state index contributed by atoms with van der Waals surface area (Å²) >= 11 is 0. The minimum Gasteiger partial charge on any atom is -0.489 e. The lowest BCUT2D eigenvalue weighted by atomic mass is 10.1. The summed E-state index contributed by atoms with van der Waals surface area (Å²) in [6.45, 7) is 0.993. The number of benzene rings is 3. The van der Waals surface area contributed by atoms with E-state index in [1.807, 2.05) is 54.6 Å². The predicted octanol–water partition coefficient (Wildman–Crippen LogP) is 5.45. The summed E-state index contributed by atoms with van der Waals surface area (Å²) in [4.78, 5) is 11.9. The van der Waals surface area contributed by atoms with Gasteiger partial charge in [-0.05, 0) is 48.6 Å². The molecule has 0 spiro atoms. The molecule has 0 bridgehead atoms. The zero-order valence-electron chi connectivity index (χ0n) is 15.3. The second kappa shape index (κ2) is 10.2. The summed E-state index contributed by atoms with van der Waals surface area (Å²) in [5.74, 6) is 0.657. The zero-order chi connectivity index (χ0) is 18.7. The van der Waals surface area contributed by atoms with Gasteiger partial charge in [-0.1, -0.05) is 66.7 Å². The SMILES string of the molecule is O=C(OCCCCc1ccccc1OCc1ccccc1)c1ccccc1. The zero-order valence-corrected chi connectivity index (χ0v) is 15.3. The van der Waals surface area contributed by atoms with Crippen LogP contribution in [-0.2, 0) is 17.8 Å². The van der Waals surface area contributed by atoms with E-state index in [1.54, 1.807) is 12.1 Å². The molecule has 0 atom stereocenters. The van der Waals surface area contributed by atoms with Gasteiger partial charge in [0.25, 0.3) is 0 Å². The molecule has 3 nitrogen and oxygen atoms in total. The van der Waals surface area contributed by atoms with Crippen molar-refractivity contribution in [2.75, 3.05) is 6.61 Å². The number of rotatable bonds is 9. The molecule has 0 aliphatic carbocycles. The lowest BCUT2D eigenvalue weighted by Gasteiger charge is -2.11. The third-order valence-electron chi connectivity index (χ3n) is 4.29. The van der Waals surface area contributed by atoms with Crippen molar-refractivity contribution in [1.82, 2.24) is 0 Å². The van der Waals surface area contributed by atoms with Gasteiger partial charge in [-0.2, -0.15) is 0 Å². The minimum absolute atomic E-state index is 0.262. The molecule has 0 unspecified atom stereocenters. The standard InChI is InChI=1S/C24H24O3/c25-24(22-15-5-2-6-16-22)26-18-10-9-14-21-13-7-8-17-23(21)27-19-20-11-3-1-4-12-20/h1-8,11-13,15-17H,9-10,14,18-19H2. The molecule has 0 amide bonds.